The van der Waals surface area contributed by atoms with Crippen molar-refractivity contribution in [3.8, 4) is 17.2 Å². The zero-order valence-electron chi connectivity index (χ0n) is 12.6. The first-order chi connectivity index (χ1) is 11.5. The molecule has 0 atom stereocenters. The largest absolute Gasteiger partial charge is 0.503 e. The van der Waals surface area contributed by atoms with Gasteiger partial charge in [-0.2, -0.15) is 5.10 Å². The third kappa shape index (κ3) is 5.14. The van der Waals surface area contributed by atoms with Crippen LogP contribution in [-0.4, -0.2) is 30.9 Å². The number of nitrogens with one attached hydrogen (secondary N) is 1. The highest BCUT2D eigenvalue weighted by Gasteiger charge is 2.08. The van der Waals surface area contributed by atoms with Crippen molar-refractivity contribution in [3.63, 3.8) is 0 Å². The first-order valence-electron chi connectivity index (χ1n) is 6.76. The predicted molar refractivity (Wildman–Crippen MR) is 95.0 cm³/mol. The van der Waals surface area contributed by atoms with E-state index in [1.165, 1.54) is 25.5 Å². The van der Waals surface area contributed by atoms with Gasteiger partial charge in [0.25, 0.3) is 5.91 Å². The molecule has 24 heavy (non-hydrogen) atoms. The summed E-state index contributed by atoms with van der Waals surface area (Å²) in [4.78, 5) is 11.7. The van der Waals surface area contributed by atoms with Gasteiger partial charge in [-0.05, 0) is 42.0 Å². The Morgan fingerprint density at radius 1 is 1.38 bits per heavy atom. The number of carbonyl (C=O) groups excluding carboxylic acids is 1. The molecule has 0 aliphatic rings. The van der Waals surface area contributed by atoms with Crippen LogP contribution in [0.3, 0.4) is 0 Å². The lowest BCUT2D eigenvalue weighted by Gasteiger charge is -2.06. The zero-order chi connectivity index (χ0) is 17.5. The number of hydrazone groups is 1. The molecule has 2 aromatic rings. The number of halogens is 2. The standard InChI is InChI=1S/C16H14BrClN2O4/c1-23-14-7-10(6-13(18)16(14)22)8-19-20-15(21)9-24-12-4-2-11(17)3-5-12/h2-8,22H,9H2,1H3,(H,20,21)/b19-8+. The van der Waals surface area contributed by atoms with E-state index in [9.17, 15) is 9.90 Å². The van der Waals surface area contributed by atoms with E-state index in [0.29, 0.717) is 11.3 Å². The van der Waals surface area contributed by atoms with Crippen molar-refractivity contribution in [3.05, 3.63) is 51.5 Å². The molecule has 0 spiro atoms. The van der Waals surface area contributed by atoms with Crippen molar-refractivity contribution in [2.75, 3.05) is 13.7 Å². The molecule has 2 N–H and O–H groups in total. The molecule has 2 aromatic carbocycles. The lowest BCUT2D eigenvalue weighted by Crippen LogP contribution is -2.24. The number of aromatic hydroxyl groups is 1. The summed E-state index contributed by atoms with van der Waals surface area (Å²) in [5, 5.41) is 13.6. The molecule has 126 valence electrons. The fraction of sp³-hybridized carbons (Fsp3) is 0.125. The number of methoxy groups -OCH3 is 1. The number of nitrogens with zero attached hydrogens (tertiary/aromatic N) is 1. The SMILES string of the molecule is COc1cc(/C=N/NC(=O)COc2ccc(Br)cc2)cc(Cl)c1O. The Bertz CT molecular complexity index is 750. The van der Waals surface area contributed by atoms with E-state index in [-0.39, 0.29) is 23.1 Å². The van der Waals surface area contributed by atoms with E-state index in [4.69, 9.17) is 21.1 Å². The van der Waals surface area contributed by atoms with Gasteiger partial charge >= 0.3 is 0 Å². The maximum atomic E-state index is 11.7. The van der Waals surface area contributed by atoms with Crippen molar-refractivity contribution >= 4 is 39.7 Å². The third-order valence-electron chi connectivity index (χ3n) is 2.86. The Morgan fingerprint density at radius 3 is 2.75 bits per heavy atom. The van der Waals surface area contributed by atoms with Crippen LogP contribution in [0, 0.1) is 0 Å². The van der Waals surface area contributed by atoms with Gasteiger partial charge in [0, 0.05) is 4.47 Å². The molecular weight excluding hydrogens is 400 g/mol. The van der Waals surface area contributed by atoms with Crippen molar-refractivity contribution in [2.45, 2.75) is 0 Å². The number of hydrogen-bond acceptors (Lipinski definition) is 5. The van der Waals surface area contributed by atoms with Crippen LogP contribution < -0.4 is 14.9 Å². The molecule has 6 nitrogen and oxygen atoms in total. The van der Waals surface area contributed by atoms with Crippen molar-refractivity contribution in [1.29, 1.82) is 0 Å². The Morgan fingerprint density at radius 2 is 2.08 bits per heavy atom. The summed E-state index contributed by atoms with van der Waals surface area (Å²) in [7, 11) is 1.41. The summed E-state index contributed by atoms with van der Waals surface area (Å²) in [5.41, 5.74) is 2.89. The van der Waals surface area contributed by atoms with Gasteiger partial charge in [0.15, 0.2) is 18.1 Å². The van der Waals surface area contributed by atoms with E-state index in [0.717, 1.165) is 4.47 Å². The second kappa shape index (κ2) is 8.56. The second-order valence-corrected chi connectivity index (χ2v) is 5.91. The predicted octanol–water partition coefficient (Wildman–Crippen LogP) is 3.35. The second-order valence-electron chi connectivity index (χ2n) is 4.59. The van der Waals surface area contributed by atoms with Gasteiger partial charge in [-0.1, -0.05) is 27.5 Å². The fourth-order valence-corrected chi connectivity index (χ4v) is 2.20. The van der Waals surface area contributed by atoms with Crippen LogP contribution in [0.5, 0.6) is 17.2 Å². The van der Waals surface area contributed by atoms with Gasteiger partial charge in [0.2, 0.25) is 0 Å². The lowest BCUT2D eigenvalue weighted by atomic mass is 10.2. The molecular formula is C16H14BrClN2O4. The maximum Gasteiger partial charge on any atom is 0.277 e. The van der Waals surface area contributed by atoms with E-state index in [1.54, 1.807) is 12.1 Å². The Kier molecular flexibility index (Phi) is 6.45. The maximum absolute atomic E-state index is 11.7. The zero-order valence-corrected chi connectivity index (χ0v) is 15.0. The summed E-state index contributed by atoms with van der Waals surface area (Å²) in [5.74, 6) is 0.232. The van der Waals surface area contributed by atoms with Gasteiger partial charge in [0.05, 0.1) is 18.3 Å². The van der Waals surface area contributed by atoms with Crippen LogP contribution >= 0.6 is 27.5 Å². The first-order valence-corrected chi connectivity index (χ1v) is 7.93. The summed E-state index contributed by atoms with van der Waals surface area (Å²) < 4.78 is 11.2. The van der Waals surface area contributed by atoms with E-state index >= 15 is 0 Å². The van der Waals surface area contributed by atoms with Crippen LogP contribution in [-0.2, 0) is 4.79 Å². The van der Waals surface area contributed by atoms with E-state index in [2.05, 4.69) is 26.5 Å². The minimum absolute atomic E-state index is 0.126. The molecule has 0 aliphatic heterocycles. The number of hydrogen-bond donors (Lipinski definition) is 2. The molecule has 0 fully saturated rings. The molecule has 8 heteroatoms. The molecule has 0 bridgehead atoms. The fourth-order valence-electron chi connectivity index (χ4n) is 1.71. The van der Waals surface area contributed by atoms with Crippen LogP contribution in [0.15, 0.2) is 46.0 Å². The van der Waals surface area contributed by atoms with Crippen molar-refractivity contribution in [2.24, 2.45) is 5.10 Å². The van der Waals surface area contributed by atoms with Crippen LogP contribution in [0.1, 0.15) is 5.56 Å². The molecule has 0 heterocycles. The van der Waals surface area contributed by atoms with Crippen LogP contribution in [0.4, 0.5) is 0 Å². The van der Waals surface area contributed by atoms with Crippen LogP contribution in [0.25, 0.3) is 0 Å². The highest BCUT2D eigenvalue weighted by atomic mass is 79.9. The summed E-state index contributed by atoms with van der Waals surface area (Å²) >= 11 is 9.18. The summed E-state index contributed by atoms with van der Waals surface area (Å²) in [6.07, 6.45) is 1.38. The number of ether oxygens (including phenoxy) is 2. The summed E-state index contributed by atoms with van der Waals surface area (Å²) in [6.45, 7) is -0.168. The van der Waals surface area contributed by atoms with Gasteiger partial charge < -0.3 is 14.6 Å². The number of phenols is 1. The molecule has 0 saturated carbocycles. The minimum Gasteiger partial charge on any atom is -0.503 e. The number of benzene rings is 2. The van der Waals surface area contributed by atoms with Gasteiger partial charge in [-0.15, -0.1) is 0 Å². The van der Waals surface area contributed by atoms with Crippen LogP contribution in [0.2, 0.25) is 5.02 Å². The number of rotatable bonds is 6. The highest BCUT2D eigenvalue weighted by molar-refractivity contribution is 9.10. The Balaban J connectivity index is 1.88. The average molecular weight is 414 g/mol. The molecule has 2 rings (SSSR count). The average Bonchev–Trinajstić information content (AvgIpc) is 2.57. The van der Waals surface area contributed by atoms with E-state index < -0.39 is 5.91 Å². The smallest absolute Gasteiger partial charge is 0.277 e. The Labute approximate surface area is 152 Å². The monoisotopic (exact) mass is 412 g/mol. The minimum atomic E-state index is -0.411. The molecule has 0 aromatic heterocycles. The topological polar surface area (TPSA) is 80.2 Å². The lowest BCUT2D eigenvalue weighted by molar-refractivity contribution is -0.123. The Hall–Kier alpha value is -2.25. The van der Waals surface area contributed by atoms with E-state index in [1.807, 2.05) is 12.1 Å². The number of phenolic OH excluding ortho intramolecular Hbond substituents is 1. The quantitative estimate of drug-likeness (QED) is 0.562. The van der Waals surface area contributed by atoms with Crippen molar-refractivity contribution < 1.29 is 19.4 Å². The molecule has 0 aliphatic carbocycles. The third-order valence-corrected chi connectivity index (χ3v) is 3.67. The number of carbonyl (C=O) groups is 1. The molecule has 0 unspecified atom stereocenters. The summed E-state index contributed by atoms with van der Waals surface area (Å²) in [6, 6.07) is 10.1. The first kappa shape index (κ1) is 18.1. The molecule has 0 radical (unpaired) electrons. The highest BCUT2D eigenvalue weighted by Crippen LogP contribution is 2.34. The van der Waals surface area contributed by atoms with Gasteiger partial charge in [0.1, 0.15) is 5.75 Å². The van der Waals surface area contributed by atoms with Gasteiger partial charge in [-0.25, -0.2) is 5.43 Å². The normalized spacial score (nSPS) is 10.6. The molecule has 1 amide bonds. The molecule has 0 saturated heterocycles. The van der Waals surface area contributed by atoms with Crippen molar-refractivity contribution in [1.82, 2.24) is 5.43 Å². The van der Waals surface area contributed by atoms with Gasteiger partial charge in [-0.3, -0.25) is 4.79 Å². The number of amides is 1.